The molecule has 1 aromatic rings. The predicted molar refractivity (Wildman–Crippen MR) is 73.4 cm³/mol. The molecule has 0 unspecified atom stereocenters. The van der Waals surface area contributed by atoms with Crippen molar-refractivity contribution in [2.75, 3.05) is 0 Å². The minimum Gasteiger partial charge on any atom is -0.459 e. The maximum Gasteiger partial charge on any atom is 0.323 e. The van der Waals surface area contributed by atoms with Gasteiger partial charge in [-0.15, -0.1) is 0 Å². The number of carbonyl (C=O) groups excluding carboxylic acids is 1. The van der Waals surface area contributed by atoms with Crippen molar-refractivity contribution in [2.24, 2.45) is 5.73 Å². The van der Waals surface area contributed by atoms with E-state index in [1.165, 1.54) is 0 Å². The predicted octanol–water partition coefficient (Wildman–Crippen LogP) is 2.51. The Kier molecular flexibility index (Phi) is 4.52. The molecule has 0 saturated carbocycles. The van der Waals surface area contributed by atoms with Crippen LogP contribution in [0.3, 0.4) is 0 Å². The lowest BCUT2D eigenvalue weighted by molar-refractivity contribution is -0.156. The van der Waals surface area contributed by atoms with Crippen LogP contribution in [0.2, 0.25) is 0 Å². The Hall–Kier alpha value is -1.35. The van der Waals surface area contributed by atoms with E-state index in [9.17, 15) is 4.79 Å². The van der Waals surface area contributed by atoms with Crippen LogP contribution in [0.15, 0.2) is 18.2 Å². The number of rotatable bonds is 3. The Morgan fingerprint density at radius 1 is 1.28 bits per heavy atom. The SMILES string of the molecule is Cc1cccc(C)c1C[C@H](N)C(=O)OC(C)(C)C. The van der Waals surface area contributed by atoms with Gasteiger partial charge in [0.15, 0.2) is 0 Å². The Morgan fingerprint density at radius 3 is 2.22 bits per heavy atom. The average Bonchev–Trinajstić information content (AvgIpc) is 2.21. The fourth-order valence-corrected chi connectivity index (χ4v) is 1.85. The summed E-state index contributed by atoms with van der Waals surface area (Å²) >= 11 is 0. The molecule has 0 aliphatic heterocycles. The highest BCUT2D eigenvalue weighted by molar-refractivity contribution is 5.76. The van der Waals surface area contributed by atoms with Gasteiger partial charge in [0.2, 0.25) is 0 Å². The fourth-order valence-electron chi connectivity index (χ4n) is 1.85. The van der Waals surface area contributed by atoms with E-state index in [0.717, 1.165) is 16.7 Å². The minimum atomic E-state index is -0.607. The standard InChI is InChI=1S/C15H23NO2/c1-10-7-6-8-11(2)12(10)9-13(16)14(17)18-15(3,4)5/h6-8,13H,9,16H2,1-5H3/t13-/m0/s1. The summed E-state index contributed by atoms with van der Waals surface area (Å²) in [6.45, 7) is 9.60. The van der Waals surface area contributed by atoms with Crippen molar-refractivity contribution in [3.8, 4) is 0 Å². The van der Waals surface area contributed by atoms with Gasteiger partial charge in [0.05, 0.1) is 0 Å². The van der Waals surface area contributed by atoms with Gasteiger partial charge in [-0.25, -0.2) is 0 Å². The quantitative estimate of drug-likeness (QED) is 0.837. The third kappa shape index (κ3) is 4.15. The largest absolute Gasteiger partial charge is 0.459 e. The van der Waals surface area contributed by atoms with Gasteiger partial charge in [-0.1, -0.05) is 18.2 Å². The molecule has 18 heavy (non-hydrogen) atoms. The van der Waals surface area contributed by atoms with E-state index in [-0.39, 0.29) is 5.97 Å². The molecule has 1 aromatic carbocycles. The van der Waals surface area contributed by atoms with Crippen LogP contribution in [-0.4, -0.2) is 17.6 Å². The lowest BCUT2D eigenvalue weighted by Gasteiger charge is -2.22. The van der Waals surface area contributed by atoms with E-state index >= 15 is 0 Å². The van der Waals surface area contributed by atoms with Crippen LogP contribution in [0.1, 0.15) is 37.5 Å². The first-order chi connectivity index (χ1) is 8.20. The van der Waals surface area contributed by atoms with Gasteiger partial charge in [-0.05, 0) is 57.7 Å². The van der Waals surface area contributed by atoms with Gasteiger partial charge in [0.1, 0.15) is 11.6 Å². The van der Waals surface area contributed by atoms with E-state index in [1.54, 1.807) is 0 Å². The minimum absolute atomic E-state index is 0.342. The van der Waals surface area contributed by atoms with Crippen molar-refractivity contribution >= 4 is 5.97 Å². The normalized spacial score (nSPS) is 13.2. The zero-order chi connectivity index (χ0) is 13.9. The lowest BCUT2D eigenvalue weighted by Crippen LogP contribution is -2.39. The molecule has 0 heterocycles. The molecular formula is C15H23NO2. The molecule has 0 bridgehead atoms. The van der Waals surface area contributed by atoms with Crippen molar-refractivity contribution in [2.45, 2.75) is 52.7 Å². The number of benzene rings is 1. The van der Waals surface area contributed by atoms with E-state index < -0.39 is 11.6 Å². The van der Waals surface area contributed by atoms with Crippen molar-refractivity contribution in [3.05, 3.63) is 34.9 Å². The first-order valence-electron chi connectivity index (χ1n) is 6.24. The van der Waals surface area contributed by atoms with Crippen LogP contribution >= 0.6 is 0 Å². The molecule has 1 atom stereocenters. The zero-order valence-corrected chi connectivity index (χ0v) is 11.9. The molecule has 2 N–H and O–H groups in total. The van der Waals surface area contributed by atoms with E-state index in [2.05, 4.69) is 0 Å². The van der Waals surface area contributed by atoms with Crippen molar-refractivity contribution in [3.63, 3.8) is 0 Å². The van der Waals surface area contributed by atoms with E-state index in [4.69, 9.17) is 10.5 Å². The average molecular weight is 249 g/mol. The van der Waals surface area contributed by atoms with Crippen LogP contribution in [0.4, 0.5) is 0 Å². The maximum atomic E-state index is 11.8. The Morgan fingerprint density at radius 2 is 1.78 bits per heavy atom. The highest BCUT2D eigenvalue weighted by atomic mass is 16.6. The number of aryl methyl sites for hydroxylation is 2. The summed E-state index contributed by atoms with van der Waals surface area (Å²) in [6.07, 6.45) is 0.521. The number of nitrogens with two attached hydrogens (primary N) is 1. The summed E-state index contributed by atoms with van der Waals surface area (Å²) in [5, 5.41) is 0. The summed E-state index contributed by atoms with van der Waals surface area (Å²) < 4.78 is 5.29. The van der Waals surface area contributed by atoms with Crippen molar-refractivity contribution in [1.29, 1.82) is 0 Å². The van der Waals surface area contributed by atoms with E-state index in [0.29, 0.717) is 6.42 Å². The monoisotopic (exact) mass is 249 g/mol. The van der Waals surface area contributed by atoms with Crippen molar-refractivity contribution in [1.82, 2.24) is 0 Å². The molecule has 0 spiro atoms. The van der Waals surface area contributed by atoms with Gasteiger partial charge in [0.25, 0.3) is 0 Å². The molecule has 0 aliphatic carbocycles. The second kappa shape index (κ2) is 5.53. The second-order valence-electron chi connectivity index (χ2n) is 5.71. The van der Waals surface area contributed by atoms with Gasteiger partial charge in [-0.3, -0.25) is 4.79 Å². The molecule has 0 fully saturated rings. The topological polar surface area (TPSA) is 52.3 Å². The van der Waals surface area contributed by atoms with Crippen LogP contribution < -0.4 is 5.73 Å². The van der Waals surface area contributed by atoms with Gasteiger partial charge in [-0.2, -0.15) is 0 Å². The molecular weight excluding hydrogens is 226 g/mol. The fraction of sp³-hybridized carbons (Fsp3) is 0.533. The Balaban J connectivity index is 2.76. The van der Waals surface area contributed by atoms with Crippen molar-refractivity contribution < 1.29 is 9.53 Å². The smallest absolute Gasteiger partial charge is 0.323 e. The van der Waals surface area contributed by atoms with Gasteiger partial charge >= 0.3 is 5.97 Å². The van der Waals surface area contributed by atoms with E-state index in [1.807, 2.05) is 52.8 Å². The maximum absolute atomic E-state index is 11.8. The number of hydrogen-bond donors (Lipinski definition) is 1. The molecule has 0 amide bonds. The summed E-state index contributed by atoms with van der Waals surface area (Å²) in [4.78, 5) is 11.8. The van der Waals surface area contributed by atoms with Gasteiger partial charge in [0, 0.05) is 0 Å². The molecule has 0 aliphatic rings. The first kappa shape index (κ1) is 14.7. The molecule has 100 valence electrons. The molecule has 0 radical (unpaired) electrons. The summed E-state index contributed by atoms with van der Waals surface area (Å²) in [5.41, 5.74) is 8.89. The van der Waals surface area contributed by atoms with Crippen LogP contribution in [0.25, 0.3) is 0 Å². The number of ether oxygens (including phenoxy) is 1. The second-order valence-corrected chi connectivity index (χ2v) is 5.71. The molecule has 0 aromatic heterocycles. The molecule has 3 nitrogen and oxygen atoms in total. The lowest BCUT2D eigenvalue weighted by atomic mass is 9.97. The molecule has 3 heteroatoms. The summed E-state index contributed by atoms with van der Waals surface area (Å²) in [5.74, 6) is -0.342. The number of hydrogen-bond acceptors (Lipinski definition) is 3. The molecule has 1 rings (SSSR count). The van der Waals surface area contributed by atoms with Crippen LogP contribution in [-0.2, 0) is 16.0 Å². The molecule has 0 saturated heterocycles. The van der Waals surface area contributed by atoms with Gasteiger partial charge < -0.3 is 10.5 Å². The highest BCUT2D eigenvalue weighted by Gasteiger charge is 2.23. The third-order valence-electron chi connectivity index (χ3n) is 2.78. The zero-order valence-electron chi connectivity index (χ0n) is 11.9. The summed E-state index contributed by atoms with van der Waals surface area (Å²) in [6, 6.07) is 5.46. The number of esters is 1. The Bertz CT molecular complexity index is 412. The first-order valence-corrected chi connectivity index (χ1v) is 6.24. The van der Waals surface area contributed by atoms with Crippen LogP contribution in [0, 0.1) is 13.8 Å². The Labute approximate surface area is 109 Å². The number of carbonyl (C=O) groups is 1. The van der Waals surface area contributed by atoms with Crippen LogP contribution in [0.5, 0.6) is 0 Å². The highest BCUT2D eigenvalue weighted by Crippen LogP contribution is 2.16. The third-order valence-corrected chi connectivity index (χ3v) is 2.78. The summed E-state index contributed by atoms with van der Waals surface area (Å²) in [7, 11) is 0.